The van der Waals surface area contributed by atoms with Gasteiger partial charge in [-0.2, -0.15) is 4.68 Å². The van der Waals surface area contributed by atoms with Crippen LogP contribution in [0.2, 0.25) is 0 Å². The number of anilines is 1. The van der Waals surface area contributed by atoms with Gasteiger partial charge in [-0.25, -0.2) is 23.2 Å². The number of aliphatic hydroxyl groups excluding tert-OH is 1. The summed E-state index contributed by atoms with van der Waals surface area (Å²) in [6, 6.07) is 5.65. The molecule has 4 rings (SSSR count). The number of para-hydroxylation sites is 1. The van der Waals surface area contributed by atoms with E-state index in [1.165, 1.54) is 23.1 Å². The lowest BCUT2D eigenvalue weighted by Gasteiger charge is -2.33. The molecule has 3 aromatic rings. The molecule has 0 spiro atoms. The van der Waals surface area contributed by atoms with Crippen molar-refractivity contribution in [1.82, 2.24) is 19.8 Å². The normalized spacial score (nSPS) is 13.9. The number of tetrazole rings is 1. The van der Waals surface area contributed by atoms with E-state index in [0.29, 0.717) is 22.2 Å². The third-order valence-corrected chi connectivity index (χ3v) is 6.06. The van der Waals surface area contributed by atoms with Gasteiger partial charge in [0.15, 0.2) is 18.4 Å². The fraction of sp³-hybridized carbons (Fsp3) is 0.375. The molecule has 1 fully saturated rings. The smallest absolute Gasteiger partial charge is 0.377 e. The van der Waals surface area contributed by atoms with Crippen LogP contribution in [-0.2, 0) is 4.74 Å². The minimum Gasteiger partial charge on any atom is -0.478 e. The van der Waals surface area contributed by atoms with Crippen LogP contribution < -0.4 is 15.3 Å². The van der Waals surface area contributed by atoms with E-state index >= 15 is 0 Å². The van der Waals surface area contributed by atoms with Gasteiger partial charge < -0.3 is 19.7 Å². The zero-order chi connectivity index (χ0) is 27.2. The minimum atomic E-state index is -1.34. The standard InChI is InChI=1S/C24H25F2N5O7/c25-18-7-4-8-19(26)21(18)30-24(36)31(28-27-30)23(35)29(15-5-2-1-3-6-15)16-9-10-20(17(13-16)22(33)34)38-14-37-12-11-32/h4,7-10,13,15,32H,1-3,5-6,11-12,14H2,(H,33,34). The fourth-order valence-corrected chi connectivity index (χ4v) is 4.31. The molecule has 0 bridgehead atoms. The van der Waals surface area contributed by atoms with E-state index < -0.39 is 41.1 Å². The number of carbonyl (C=O) groups is 2. The van der Waals surface area contributed by atoms with Gasteiger partial charge in [-0.3, -0.25) is 4.90 Å². The number of halogens is 2. The third kappa shape index (κ3) is 5.55. The lowest BCUT2D eigenvalue weighted by molar-refractivity contribution is -0.00164. The molecule has 202 valence electrons. The monoisotopic (exact) mass is 533 g/mol. The zero-order valence-electron chi connectivity index (χ0n) is 20.1. The molecule has 12 nitrogen and oxygen atoms in total. The maximum Gasteiger partial charge on any atom is 0.377 e. The SMILES string of the molecule is O=C(O)c1cc(N(C(=O)n2nnn(-c3c(F)cccc3F)c2=O)C2CCCCC2)ccc1OCOCCO. The Bertz CT molecular complexity index is 1350. The molecule has 0 unspecified atom stereocenters. The van der Waals surface area contributed by atoms with Crippen molar-refractivity contribution in [1.29, 1.82) is 0 Å². The van der Waals surface area contributed by atoms with Crippen molar-refractivity contribution >= 4 is 17.7 Å². The van der Waals surface area contributed by atoms with Crippen LogP contribution in [0.5, 0.6) is 5.75 Å². The molecule has 0 saturated heterocycles. The lowest BCUT2D eigenvalue weighted by Crippen LogP contribution is -2.47. The Balaban J connectivity index is 1.73. The number of aliphatic hydroxyl groups is 1. The van der Waals surface area contributed by atoms with Crippen LogP contribution in [0.1, 0.15) is 42.5 Å². The number of rotatable bonds is 9. The number of hydrogen-bond acceptors (Lipinski definition) is 8. The summed E-state index contributed by atoms with van der Waals surface area (Å²) in [4.78, 5) is 39.9. The summed E-state index contributed by atoms with van der Waals surface area (Å²) in [6.45, 7) is -0.548. The summed E-state index contributed by atoms with van der Waals surface area (Å²) in [5, 5.41) is 25.6. The van der Waals surface area contributed by atoms with Gasteiger partial charge in [0.25, 0.3) is 0 Å². The van der Waals surface area contributed by atoms with Crippen LogP contribution in [-0.4, -0.2) is 68.1 Å². The predicted octanol–water partition coefficient (Wildman–Crippen LogP) is 2.56. The first-order valence-electron chi connectivity index (χ1n) is 11.8. The molecule has 1 aliphatic rings. The summed E-state index contributed by atoms with van der Waals surface area (Å²) < 4.78 is 39.6. The summed E-state index contributed by atoms with van der Waals surface area (Å²) in [7, 11) is 0. The lowest BCUT2D eigenvalue weighted by atomic mass is 9.94. The molecule has 0 atom stereocenters. The highest BCUT2D eigenvalue weighted by molar-refractivity contribution is 5.97. The number of carboxylic acid groups (broad SMARTS) is 1. The van der Waals surface area contributed by atoms with Gasteiger partial charge in [0.2, 0.25) is 0 Å². The van der Waals surface area contributed by atoms with Gasteiger partial charge in [-0.05, 0) is 53.6 Å². The quantitative estimate of drug-likeness (QED) is 0.240. The summed E-state index contributed by atoms with van der Waals surface area (Å²) in [5.74, 6) is -3.51. The first-order chi connectivity index (χ1) is 18.3. The van der Waals surface area contributed by atoms with E-state index in [1.807, 2.05) is 0 Å². The molecule has 38 heavy (non-hydrogen) atoms. The van der Waals surface area contributed by atoms with Crippen molar-refractivity contribution in [3.8, 4) is 11.4 Å². The van der Waals surface area contributed by atoms with Crippen LogP contribution in [0.15, 0.2) is 41.2 Å². The molecule has 1 saturated carbocycles. The van der Waals surface area contributed by atoms with Crippen molar-refractivity contribution in [2.75, 3.05) is 24.9 Å². The first-order valence-corrected chi connectivity index (χ1v) is 11.8. The van der Waals surface area contributed by atoms with E-state index in [9.17, 15) is 28.3 Å². The maximum absolute atomic E-state index is 14.3. The van der Waals surface area contributed by atoms with Crippen molar-refractivity contribution in [2.45, 2.75) is 38.1 Å². The second kappa shape index (κ2) is 11.9. The number of benzene rings is 2. The van der Waals surface area contributed by atoms with Crippen molar-refractivity contribution in [3.63, 3.8) is 0 Å². The molecule has 0 aliphatic heterocycles. The van der Waals surface area contributed by atoms with Crippen LogP contribution >= 0.6 is 0 Å². The van der Waals surface area contributed by atoms with Crippen LogP contribution in [0, 0.1) is 11.6 Å². The average Bonchev–Trinajstić information content (AvgIpc) is 3.28. The van der Waals surface area contributed by atoms with Crippen LogP contribution in [0.4, 0.5) is 19.3 Å². The first kappa shape index (κ1) is 26.9. The van der Waals surface area contributed by atoms with Crippen molar-refractivity contribution < 1.29 is 38.1 Å². The Hall–Kier alpha value is -4.17. The molecule has 2 aromatic carbocycles. The fourth-order valence-electron chi connectivity index (χ4n) is 4.31. The van der Waals surface area contributed by atoms with Crippen molar-refractivity contribution in [3.05, 3.63) is 64.1 Å². The Morgan fingerprint density at radius 3 is 2.45 bits per heavy atom. The van der Waals surface area contributed by atoms with Crippen LogP contribution in [0.3, 0.4) is 0 Å². The van der Waals surface area contributed by atoms with Gasteiger partial charge in [0, 0.05) is 11.7 Å². The molecule has 14 heteroatoms. The molecule has 1 aromatic heterocycles. The molecular weight excluding hydrogens is 508 g/mol. The summed E-state index contributed by atoms with van der Waals surface area (Å²) in [6.07, 6.45) is 3.69. The molecule has 1 heterocycles. The second-order valence-electron chi connectivity index (χ2n) is 8.48. The Morgan fingerprint density at radius 1 is 1.08 bits per heavy atom. The second-order valence-corrected chi connectivity index (χ2v) is 8.48. The minimum absolute atomic E-state index is 0.00331. The maximum atomic E-state index is 14.3. The van der Waals surface area contributed by atoms with Gasteiger partial charge in [-0.15, -0.1) is 4.68 Å². The van der Waals surface area contributed by atoms with E-state index in [4.69, 9.17) is 14.6 Å². The largest absolute Gasteiger partial charge is 0.478 e. The molecule has 1 amide bonds. The number of nitrogens with zero attached hydrogens (tertiary/aromatic N) is 5. The van der Waals surface area contributed by atoms with Gasteiger partial charge in [0.05, 0.1) is 13.2 Å². The number of hydrogen-bond donors (Lipinski definition) is 2. The van der Waals surface area contributed by atoms with E-state index in [2.05, 4.69) is 10.4 Å². The van der Waals surface area contributed by atoms with Crippen molar-refractivity contribution in [2.24, 2.45) is 0 Å². The Kier molecular flexibility index (Phi) is 8.43. The number of aromatic carboxylic acids is 1. The number of aromatic nitrogens is 4. The Labute approximate surface area is 214 Å². The number of ether oxygens (including phenoxy) is 2. The number of amides is 1. The van der Waals surface area contributed by atoms with Gasteiger partial charge in [0.1, 0.15) is 17.0 Å². The molecular formula is C24H25F2N5O7. The van der Waals surface area contributed by atoms with Gasteiger partial charge in [-0.1, -0.05) is 25.3 Å². The molecule has 1 aliphatic carbocycles. The average molecular weight is 533 g/mol. The van der Waals surface area contributed by atoms with E-state index in [1.54, 1.807) is 0 Å². The number of carboxylic acids is 1. The topological polar surface area (TPSA) is 149 Å². The highest BCUT2D eigenvalue weighted by Crippen LogP contribution is 2.31. The van der Waals surface area contributed by atoms with E-state index in [-0.39, 0.29) is 37.0 Å². The highest BCUT2D eigenvalue weighted by Gasteiger charge is 2.32. The summed E-state index contributed by atoms with van der Waals surface area (Å²) >= 11 is 0. The van der Waals surface area contributed by atoms with Gasteiger partial charge >= 0.3 is 17.7 Å². The third-order valence-electron chi connectivity index (χ3n) is 6.06. The Morgan fingerprint density at radius 2 is 1.79 bits per heavy atom. The summed E-state index contributed by atoms with van der Waals surface area (Å²) in [5.41, 5.74) is -2.09. The van der Waals surface area contributed by atoms with Crippen LogP contribution in [0.25, 0.3) is 5.69 Å². The number of carbonyl (C=O) groups excluding carboxylic acids is 1. The van der Waals surface area contributed by atoms with E-state index in [0.717, 1.165) is 37.5 Å². The molecule has 0 radical (unpaired) electrons. The zero-order valence-corrected chi connectivity index (χ0v) is 20.1. The molecule has 2 N–H and O–H groups in total. The predicted molar refractivity (Wildman–Crippen MR) is 128 cm³/mol. The highest BCUT2D eigenvalue weighted by atomic mass is 19.1.